The highest BCUT2D eigenvalue weighted by atomic mass is 15.4. The Morgan fingerprint density at radius 3 is 3.00 bits per heavy atom. The van der Waals surface area contributed by atoms with Crippen LogP contribution in [0, 0.1) is 12.3 Å². The normalized spacial score (nSPS) is 12.6. The summed E-state index contributed by atoms with van der Waals surface area (Å²) < 4.78 is 1.68. The maximum Gasteiger partial charge on any atom is 0.254 e. The monoisotopic (exact) mass is 247 g/mol. The first-order chi connectivity index (χ1) is 8.49. The molecule has 0 saturated carbocycles. The molecule has 18 heavy (non-hydrogen) atoms. The van der Waals surface area contributed by atoms with Crippen LogP contribution < -0.4 is 10.6 Å². The molecule has 2 aromatic rings. The smallest absolute Gasteiger partial charge is 0.254 e. The first-order valence-corrected chi connectivity index (χ1v) is 5.72. The average molecular weight is 247 g/mol. The molecule has 7 heteroatoms. The predicted molar refractivity (Wildman–Crippen MR) is 69.9 cm³/mol. The van der Waals surface area contributed by atoms with E-state index in [2.05, 4.69) is 15.1 Å². The van der Waals surface area contributed by atoms with Crippen LogP contribution in [0.3, 0.4) is 0 Å². The van der Waals surface area contributed by atoms with Crippen LogP contribution in [-0.4, -0.2) is 38.5 Å². The Hall–Kier alpha value is -2.18. The van der Waals surface area contributed by atoms with Crippen LogP contribution in [0.25, 0.3) is 5.78 Å². The van der Waals surface area contributed by atoms with E-state index < -0.39 is 0 Å². The molecular formula is C11H17N7. The predicted octanol–water partition coefficient (Wildman–Crippen LogP) is 0.583. The molecule has 3 N–H and O–H groups in total. The number of hydrogen-bond acceptors (Lipinski definition) is 5. The van der Waals surface area contributed by atoms with E-state index in [-0.39, 0.29) is 11.9 Å². The molecule has 2 rings (SSSR count). The number of nitrogens with zero attached hydrogens (tertiary/aromatic N) is 5. The van der Waals surface area contributed by atoms with Crippen LogP contribution in [0.4, 0.5) is 5.82 Å². The number of aryl methyl sites for hydroxylation is 1. The van der Waals surface area contributed by atoms with Crippen molar-refractivity contribution in [1.82, 2.24) is 19.6 Å². The lowest BCUT2D eigenvalue weighted by Gasteiger charge is -2.26. The molecule has 1 unspecified atom stereocenters. The van der Waals surface area contributed by atoms with Gasteiger partial charge in [-0.2, -0.15) is 14.6 Å². The third-order valence-electron chi connectivity index (χ3n) is 2.90. The number of aromatic nitrogens is 4. The summed E-state index contributed by atoms with van der Waals surface area (Å²) in [6.07, 6.45) is 1.99. The van der Waals surface area contributed by atoms with E-state index in [0.29, 0.717) is 12.2 Å². The van der Waals surface area contributed by atoms with Gasteiger partial charge >= 0.3 is 0 Å². The third-order valence-corrected chi connectivity index (χ3v) is 2.90. The summed E-state index contributed by atoms with van der Waals surface area (Å²) in [5, 5.41) is 11.5. The van der Waals surface area contributed by atoms with Crippen molar-refractivity contribution < 1.29 is 0 Å². The minimum Gasteiger partial charge on any atom is -0.388 e. The van der Waals surface area contributed by atoms with Gasteiger partial charge in [0.25, 0.3) is 5.78 Å². The zero-order chi connectivity index (χ0) is 13.3. The van der Waals surface area contributed by atoms with E-state index >= 15 is 0 Å². The quantitative estimate of drug-likeness (QED) is 0.608. The third kappa shape index (κ3) is 2.24. The summed E-state index contributed by atoms with van der Waals surface area (Å²) >= 11 is 0. The van der Waals surface area contributed by atoms with Gasteiger partial charge in [-0.1, -0.05) is 0 Å². The number of fused-ring (bicyclic) bond motifs is 1. The lowest BCUT2D eigenvalue weighted by molar-refractivity contribution is 0.684. The van der Waals surface area contributed by atoms with E-state index in [1.165, 1.54) is 6.33 Å². The highest BCUT2D eigenvalue weighted by Gasteiger charge is 2.15. The van der Waals surface area contributed by atoms with E-state index in [4.69, 9.17) is 11.1 Å². The van der Waals surface area contributed by atoms with Crippen molar-refractivity contribution >= 4 is 17.4 Å². The molecule has 2 aromatic heterocycles. The standard InChI is InChI=1S/C11H17N7/c1-7-4-10(17(3)8(2)5-9(12)13)18-11(16-7)14-6-15-18/h4,6,8H,5H2,1-3H3,(H3,12,13). The topological polar surface area (TPSA) is 96.2 Å². The Morgan fingerprint density at radius 2 is 2.33 bits per heavy atom. The fourth-order valence-corrected chi connectivity index (χ4v) is 1.84. The van der Waals surface area contributed by atoms with Crippen molar-refractivity contribution in [3.05, 3.63) is 18.1 Å². The van der Waals surface area contributed by atoms with Crippen LogP contribution >= 0.6 is 0 Å². The van der Waals surface area contributed by atoms with Crippen LogP contribution in [0.15, 0.2) is 12.4 Å². The zero-order valence-electron chi connectivity index (χ0n) is 10.8. The molecule has 0 aromatic carbocycles. The summed E-state index contributed by atoms with van der Waals surface area (Å²) in [5.41, 5.74) is 6.32. The number of amidine groups is 1. The second-order valence-corrected chi connectivity index (χ2v) is 4.42. The molecule has 7 nitrogen and oxygen atoms in total. The second kappa shape index (κ2) is 4.59. The van der Waals surface area contributed by atoms with Gasteiger partial charge < -0.3 is 10.6 Å². The molecule has 0 aliphatic carbocycles. The number of anilines is 1. The van der Waals surface area contributed by atoms with Gasteiger partial charge in [-0.05, 0) is 13.8 Å². The number of hydrogen-bond donors (Lipinski definition) is 2. The maximum absolute atomic E-state index is 7.36. The number of nitrogens with one attached hydrogen (secondary N) is 1. The fraction of sp³-hybridized carbons (Fsp3) is 0.455. The molecule has 96 valence electrons. The Labute approximate surface area is 105 Å². The van der Waals surface area contributed by atoms with Crippen LogP contribution in [0.1, 0.15) is 19.0 Å². The van der Waals surface area contributed by atoms with Gasteiger partial charge in [-0.15, -0.1) is 0 Å². The van der Waals surface area contributed by atoms with E-state index in [1.54, 1.807) is 4.52 Å². The largest absolute Gasteiger partial charge is 0.388 e. The van der Waals surface area contributed by atoms with Gasteiger partial charge in [-0.25, -0.2) is 4.98 Å². The summed E-state index contributed by atoms with van der Waals surface area (Å²) in [5.74, 6) is 1.64. The Kier molecular flexibility index (Phi) is 3.14. The van der Waals surface area contributed by atoms with Crippen molar-refractivity contribution in [2.45, 2.75) is 26.3 Å². The van der Waals surface area contributed by atoms with E-state index in [1.807, 2.05) is 31.9 Å². The number of rotatable bonds is 4. The molecule has 0 spiro atoms. The average Bonchev–Trinajstić information content (AvgIpc) is 2.73. The Balaban J connectivity index is 2.40. The van der Waals surface area contributed by atoms with Crippen molar-refractivity contribution in [3.63, 3.8) is 0 Å². The first-order valence-electron chi connectivity index (χ1n) is 5.72. The Bertz CT molecular complexity index is 574. The SMILES string of the molecule is Cc1cc(N(C)C(C)CC(=N)N)n2ncnc2n1. The fourth-order valence-electron chi connectivity index (χ4n) is 1.84. The van der Waals surface area contributed by atoms with Gasteiger partial charge in [0, 0.05) is 31.3 Å². The van der Waals surface area contributed by atoms with E-state index in [0.717, 1.165) is 11.5 Å². The zero-order valence-corrected chi connectivity index (χ0v) is 10.8. The van der Waals surface area contributed by atoms with Gasteiger partial charge in [0.1, 0.15) is 12.1 Å². The summed E-state index contributed by atoms with van der Waals surface area (Å²) in [7, 11) is 1.95. The maximum atomic E-state index is 7.36. The van der Waals surface area contributed by atoms with Gasteiger partial charge in [0.05, 0.1) is 5.84 Å². The highest BCUT2D eigenvalue weighted by molar-refractivity contribution is 5.77. The molecule has 0 bridgehead atoms. The van der Waals surface area contributed by atoms with Crippen molar-refractivity contribution in [2.24, 2.45) is 5.73 Å². The molecule has 1 atom stereocenters. The van der Waals surface area contributed by atoms with Crippen molar-refractivity contribution in [1.29, 1.82) is 5.41 Å². The molecule has 0 aliphatic rings. The van der Waals surface area contributed by atoms with Crippen LogP contribution in [0.2, 0.25) is 0 Å². The molecule has 0 aliphatic heterocycles. The summed E-state index contributed by atoms with van der Waals surface area (Å²) in [6, 6.07) is 2.05. The highest BCUT2D eigenvalue weighted by Crippen LogP contribution is 2.17. The molecule has 0 saturated heterocycles. The summed E-state index contributed by atoms with van der Waals surface area (Å²) in [4.78, 5) is 10.4. The van der Waals surface area contributed by atoms with Crippen molar-refractivity contribution in [3.8, 4) is 0 Å². The number of nitrogens with two attached hydrogens (primary N) is 1. The lowest BCUT2D eigenvalue weighted by Crippen LogP contribution is -2.34. The molecule has 0 amide bonds. The minimum absolute atomic E-state index is 0.108. The lowest BCUT2D eigenvalue weighted by atomic mass is 10.2. The Morgan fingerprint density at radius 1 is 1.61 bits per heavy atom. The minimum atomic E-state index is 0.108. The van der Waals surface area contributed by atoms with Crippen molar-refractivity contribution in [2.75, 3.05) is 11.9 Å². The molecular weight excluding hydrogens is 230 g/mol. The van der Waals surface area contributed by atoms with Crippen LogP contribution in [0.5, 0.6) is 0 Å². The molecule has 0 radical (unpaired) electrons. The summed E-state index contributed by atoms with van der Waals surface area (Å²) in [6.45, 7) is 3.93. The van der Waals surface area contributed by atoms with E-state index in [9.17, 15) is 0 Å². The van der Waals surface area contributed by atoms with Gasteiger partial charge in [0.2, 0.25) is 0 Å². The molecule has 2 heterocycles. The first kappa shape index (κ1) is 12.3. The van der Waals surface area contributed by atoms with Gasteiger partial charge in [0.15, 0.2) is 0 Å². The second-order valence-electron chi connectivity index (χ2n) is 4.42. The molecule has 0 fully saturated rings. The van der Waals surface area contributed by atoms with Gasteiger partial charge in [-0.3, -0.25) is 5.41 Å². The van der Waals surface area contributed by atoms with Crippen LogP contribution in [-0.2, 0) is 0 Å².